The first-order valence-corrected chi connectivity index (χ1v) is 12.6. The maximum Gasteiger partial charge on any atom is 0.230 e. The first-order chi connectivity index (χ1) is 16.0. The summed E-state index contributed by atoms with van der Waals surface area (Å²) < 4.78 is 1.06. The summed E-state index contributed by atoms with van der Waals surface area (Å²) in [4.78, 5) is 33.6. The fourth-order valence-corrected chi connectivity index (χ4v) is 6.14. The maximum absolute atomic E-state index is 12.1. The summed E-state index contributed by atoms with van der Waals surface area (Å²) >= 11 is 8.13. The molecule has 8 heteroatoms. The standard InChI is InChI=1S/C25H27ClN4O2S/c1-16-11-17(26)12-20(21(16)15-29-9-2-6-27-8-10-29)19-5-7-28-22-13-18(33-25(19)22)14-30-23(31)3-4-24(30)32/h5,7,11-13,27H,2-4,6,8-10,14-15H2,1H3. The summed E-state index contributed by atoms with van der Waals surface area (Å²) in [5.74, 6) is -0.185. The van der Waals surface area contributed by atoms with E-state index in [2.05, 4.69) is 28.2 Å². The van der Waals surface area contributed by atoms with Crippen molar-refractivity contribution in [1.29, 1.82) is 0 Å². The third kappa shape index (κ3) is 4.68. The van der Waals surface area contributed by atoms with Crippen LogP contribution in [-0.4, -0.2) is 52.8 Å². The van der Waals surface area contributed by atoms with E-state index in [4.69, 9.17) is 11.6 Å². The molecule has 2 saturated heterocycles. The fourth-order valence-electron chi connectivity index (χ4n) is 4.74. The summed E-state index contributed by atoms with van der Waals surface area (Å²) in [7, 11) is 0. The first kappa shape index (κ1) is 22.5. The number of thiophene rings is 1. The van der Waals surface area contributed by atoms with Crippen LogP contribution in [0, 0.1) is 6.92 Å². The molecule has 0 aliphatic carbocycles. The minimum atomic E-state index is -0.0923. The van der Waals surface area contributed by atoms with E-state index < -0.39 is 0 Å². The molecule has 2 fully saturated rings. The van der Waals surface area contributed by atoms with Crippen LogP contribution in [0.2, 0.25) is 5.02 Å². The average Bonchev–Trinajstić information content (AvgIpc) is 3.22. The van der Waals surface area contributed by atoms with Crippen molar-refractivity contribution in [3.05, 3.63) is 51.5 Å². The number of amides is 2. The van der Waals surface area contributed by atoms with Crippen LogP contribution in [0.25, 0.3) is 21.3 Å². The van der Waals surface area contributed by atoms with Crippen molar-refractivity contribution in [2.24, 2.45) is 0 Å². The summed E-state index contributed by atoms with van der Waals surface area (Å²) in [6.45, 7) is 7.48. The number of carbonyl (C=O) groups excluding carboxylic acids is 2. The predicted octanol–water partition coefficient (Wildman–Crippen LogP) is 4.37. The number of halogens is 1. The average molecular weight is 483 g/mol. The largest absolute Gasteiger partial charge is 0.315 e. The Hall–Kier alpha value is -2.32. The van der Waals surface area contributed by atoms with Crippen LogP contribution < -0.4 is 5.32 Å². The van der Waals surface area contributed by atoms with E-state index in [0.29, 0.717) is 19.4 Å². The van der Waals surface area contributed by atoms with Gasteiger partial charge >= 0.3 is 0 Å². The van der Waals surface area contributed by atoms with E-state index in [0.717, 1.165) is 70.4 Å². The van der Waals surface area contributed by atoms with Gasteiger partial charge in [0.25, 0.3) is 0 Å². The van der Waals surface area contributed by atoms with Crippen LogP contribution >= 0.6 is 22.9 Å². The number of pyridine rings is 1. The van der Waals surface area contributed by atoms with Gasteiger partial charge < -0.3 is 5.32 Å². The molecule has 2 aromatic heterocycles. The second-order valence-electron chi connectivity index (χ2n) is 8.79. The number of carbonyl (C=O) groups is 2. The number of hydrogen-bond acceptors (Lipinski definition) is 6. The van der Waals surface area contributed by atoms with E-state index in [1.54, 1.807) is 11.3 Å². The Kier molecular flexibility index (Phi) is 6.47. The van der Waals surface area contributed by atoms with Gasteiger partial charge in [0.2, 0.25) is 11.8 Å². The van der Waals surface area contributed by atoms with Crippen molar-refractivity contribution in [2.45, 2.75) is 39.3 Å². The van der Waals surface area contributed by atoms with E-state index in [9.17, 15) is 9.59 Å². The number of aromatic nitrogens is 1. The van der Waals surface area contributed by atoms with Crippen molar-refractivity contribution in [3.63, 3.8) is 0 Å². The molecule has 1 N–H and O–H groups in total. The SMILES string of the molecule is Cc1cc(Cl)cc(-c2ccnc3cc(CN4C(=O)CCC4=O)sc23)c1CN1CCCNCC1. The van der Waals surface area contributed by atoms with Gasteiger partial charge in [-0.3, -0.25) is 24.4 Å². The van der Waals surface area contributed by atoms with Crippen LogP contribution in [-0.2, 0) is 22.7 Å². The number of hydrogen-bond donors (Lipinski definition) is 1. The zero-order chi connectivity index (χ0) is 22.9. The number of fused-ring (bicyclic) bond motifs is 1. The highest BCUT2D eigenvalue weighted by Crippen LogP contribution is 2.38. The number of likely N-dealkylation sites (tertiary alicyclic amines) is 1. The van der Waals surface area contributed by atoms with Gasteiger partial charge in [0.1, 0.15) is 0 Å². The van der Waals surface area contributed by atoms with Gasteiger partial charge in [-0.2, -0.15) is 0 Å². The molecule has 1 aromatic carbocycles. The van der Waals surface area contributed by atoms with Gasteiger partial charge in [0, 0.05) is 54.1 Å². The van der Waals surface area contributed by atoms with E-state index >= 15 is 0 Å². The van der Waals surface area contributed by atoms with Crippen LogP contribution in [0.5, 0.6) is 0 Å². The molecule has 6 nitrogen and oxygen atoms in total. The molecule has 2 aliphatic heterocycles. The molecule has 0 radical (unpaired) electrons. The number of benzene rings is 1. The normalized spacial score (nSPS) is 17.8. The zero-order valence-electron chi connectivity index (χ0n) is 18.7. The molecule has 33 heavy (non-hydrogen) atoms. The third-order valence-corrected chi connectivity index (χ3v) is 7.83. The van der Waals surface area contributed by atoms with Gasteiger partial charge in [0.05, 0.1) is 16.8 Å². The lowest BCUT2D eigenvalue weighted by molar-refractivity contribution is -0.138. The molecule has 2 aliphatic rings. The molecule has 0 atom stereocenters. The highest BCUT2D eigenvalue weighted by molar-refractivity contribution is 7.19. The quantitative estimate of drug-likeness (QED) is 0.547. The highest BCUT2D eigenvalue weighted by Gasteiger charge is 2.29. The molecule has 0 saturated carbocycles. The Morgan fingerprint density at radius 3 is 2.70 bits per heavy atom. The second kappa shape index (κ2) is 9.50. The lowest BCUT2D eigenvalue weighted by Gasteiger charge is -2.23. The smallest absolute Gasteiger partial charge is 0.230 e. The van der Waals surface area contributed by atoms with E-state index in [-0.39, 0.29) is 11.8 Å². The molecule has 0 spiro atoms. The maximum atomic E-state index is 12.1. The number of aryl methyl sites for hydroxylation is 1. The minimum absolute atomic E-state index is 0.0923. The molecule has 0 unspecified atom stereocenters. The molecule has 3 aromatic rings. The predicted molar refractivity (Wildman–Crippen MR) is 132 cm³/mol. The Labute approximate surface area is 202 Å². The molecule has 4 heterocycles. The summed E-state index contributed by atoms with van der Waals surface area (Å²) in [6.07, 6.45) is 3.59. The lowest BCUT2D eigenvalue weighted by atomic mass is 9.95. The topological polar surface area (TPSA) is 65.5 Å². The number of rotatable bonds is 5. The Bertz CT molecular complexity index is 1200. The molecule has 172 valence electrons. The third-order valence-electron chi connectivity index (χ3n) is 6.47. The van der Waals surface area contributed by atoms with Gasteiger partial charge in [0.15, 0.2) is 0 Å². The van der Waals surface area contributed by atoms with Crippen LogP contribution in [0.1, 0.15) is 35.3 Å². The highest BCUT2D eigenvalue weighted by atomic mass is 35.5. The van der Waals surface area contributed by atoms with Crippen molar-refractivity contribution in [2.75, 3.05) is 26.2 Å². The van der Waals surface area contributed by atoms with Crippen LogP contribution in [0.3, 0.4) is 0 Å². The van der Waals surface area contributed by atoms with Gasteiger partial charge in [-0.25, -0.2) is 0 Å². The lowest BCUT2D eigenvalue weighted by Crippen LogP contribution is -2.28. The Morgan fingerprint density at radius 2 is 1.88 bits per heavy atom. The Balaban J connectivity index is 1.54. The number of nitrogens with one attached hydrogen (secondary N) is 1. The number of nitrogens with zero attached hydrogens (tertiary/aromatic N) is 3. The molecule has 5 rings (SSSR count). The first-order valence-electron chi connectivity index (χ1n) is 11.4. The zero-order valence-corrected chi connectivity index (χ0v) is 20.3. The van der Waals surface area contributed by atoms with Crippen molar-refractivity contribution in [3.8, 4) is 11.1 Å². The summed E-state index contributed by atoms with van der Waals surface area (Å²) in [5.41, 5.74) is 5.59. The fraction of sp³-hybridized carbons (Fsp3) is 0.400. The van der Waals surface area contributed by atoms with Crippen LogP contribution in [0.4, 0.5) is 0 Å². The van der Waals surface area contributed by atoms with Gasteiger partial charge in [-0.15, -0.1) is 11.3 Å². The van der Waals surface area contributed by atoms with Gasteiger partial charge in [-0.05, 0) is 67.4 Å². The molecule has 2 amide bonds. The van der Waals surface area contributed by atoms with Crippen molar-refractivity contribution in [1.82, 2.24) is 20.1 Å². The summed E-state index contributed by atoms with van der Waals surface area (Å²) in [5, 5.41) is 4.20. The minimum Gasteiger partial charge on any atom is -0.315 e. The molecule has 0 bridgehead atoms. The van der Waals surface area contributed by atoms with E-state index in [1.165, 1.54) is 16.0 Å². The van der Waals surface area contributed by atoms with E-state index in [1.807, 2.05) is 24.4 Å². The van der Waals surface area contributed by atoms with Crippen molar-refractivity contribution < 1.29 is 9.59 Å². The summed E-state index contributed by atoms with van der Waals surface area (Å²) in [6, 6.07) is 8.15. The monoisotopic (exact) mass is 482 g/mol. The number of imide groups is 1. The molecular formula is C25H27ClN4O2S. The second-order valence-corrected chi connectivity index (χ2v) is 10.4. The van der Waals surface area contributed by atoms with Crippen molar-refractivity contribution >= 4 is 45.0 Å². The molecular weight excluding hydrogens is 456 g/mol. The van der Waals surface area contributed by atoms with Gasteiger partial charge in [-0.1, -0.05) is 11.6 Å². The van der Waals surface area contributed by atoms with Crippen LogP contribution in [0.15, 0.2) is 30.5 Å². The Morgan fingerprint density at radius 1 is 1.06 bits per heavy atom.